The fraction of sp³-hybridized carbons (Fsp3) is 0.529. The maximum absolute atomic E-state index is 14.0. The van der Waals surface area contributed by atoms with Crippen molar-refractivity contribution in [3.63, 3.8) is 0 Å². The van der Waals surface area contributed by atoms with Gasteiger partial charge in [0.05, 0.1) is 11.0 Å². The van der Waals surface area contributed by atoms with E-state index < -0.39 is 17.2 Å². The third-order valence-electron chi connectivity index (χ3n) is 4.64. The highest BCUT2D eigenvalue weighted by atomic mass is 19.1. The third-order valence-corrected chi connectivity index (χ3v) is 4.64. The van der Waals surface area contributed by atoms with Crippen molar-refractivity contribution in [3.8, 4) is 0 Å². The molecular formula is C17H22FNO3. The average molecular weight is 307 g/mol. The van der Waals surface area contributed by atoms with Crippen LogP contribution in [-0.4, -0.2) is 35.0 Å². The van der Waals surface area contributed by atoms with Gasteiger partial charge >= 0.3 is 5.97 Å². The highest BCUT2D eigenvalue weighted by molar-refractivity contribution is 5.94. The molecule has 0 bridgehead atoms. The quantitative estimate of drug-likeness (QED) is 0.933. The van der Waals surface area contributed by atoms with Crippen LogP contribution in [0.5, 0.6) is 0 Å². The molecule has 1 aliphatic heterocycles. The number of carboxylic acid groups (broad SMARTS) is 1. The lowest BCUT2D eigenvalue weighted by Crippen LogP contribution is -2.47. The van der Waals surface area contributed by atoms with Crippen LogP contribution >= 0.6 is 0 Å². The van der Waals surface area contributed by atoms with Gasteiger partial charge < -0.3 is 10.0 Å². The lowest BCUT2D eigenvalue weighted by Gasteiger charge is -2.39. The first-order valence-electron chi connectivity index (χ1n) is 7.52. The average Bonchev–Trinajstić information content (AvgIpc) is 2.46. The van der Waals surface area contributed by atoms with Gasteiger partial charge in [-0.25, -0.2) is 4.39 Å². The molecule has 0 spiro atoms. The van der Waals surface area contributed by atoms with E-state index >= 15 is 0 Å². The van der Waals surface area contributed by atoms with Crippen molar-refractivity contribution < 1.29 is 19.1 Å². The zero-order valence-corrected chi connectivity index (χ0v) is 13.2. The Labute approximate surface area is 129 Å². The van der Waals surface area contributed by atoms with Gasteiger partial charge in [0, 0.05) is 13.1 Å². The van der Waals surface area contributed by atoms with Gasteiger partial charge in [-0.05, 0) is 57.2 Å². The number of amides is 1. The highest BCUT2D eigenvalue weighted by Gasteiger charge is 2.40. The maximum atomic E-state index is 14.0. The van der Waals surface area contributed by atoms with E-state index in [1.807, 2.05) is 0 Å². The van der Waals surface area contributed by atoms with Gasteiger partial charge in [0.25, 0.3) is 5.91 Å². The van der Waals surface area contributed by atoms with Crippen molar-refractivity contribution in [1.29, 1.82) is 0 Å². The Morgan fingerprint density at radius 3 is 2.64 bits per heavy atom. The van der Waals surface area contributed by atoms with E-state index in [9.17, 15) is 19.1 Å². The molecule has 1 saturated heterocycles. The zero-order valence-electron chi connectivity index (χ0n) is 13.2. The summed E-state index contributed by atoms with van der Waals surface area (Å²) in [6.07, 6.45) is 1.50. The monoisotopic (exact) mass is 307 g/mol. The molecule has 0 radical (unpaired) electrons. The van der Waals surface area contributed by atoms with Crippen molar-refractivity contribution >= 4 is 11.9 Å². The van der Waals surface area contributed by atoms with Gasteiger partial charge in [0.1, 0.15) is 5.82 Å². The number of piperidine rings is 1. The van der Waals surface area contributed by atoms with E-state index in [0.29, 0.717) is 13.1 Å². The fourth-order valence-electron chi connectivity index (χ4n) is 2.89. The van der Waals surface area contributed by atoms with Crippen LogP contribution in [0, 0.1) is 24.1 Å². The van der Waals surface area contributed by atoms with Crippen LogP contribution < -0.4 is 0 Å². The number of nitrogens with zero attached hydrogens (tertiary/aromatic N) is 1. The zero-order chi connectivity index (χ0) is 16.5. The minimum absolute atomic E-state index is 0.0550. The SMILES string of the molecule is Cc1ccc(C(=O)N2CCC[C@@H](C(C)(C)C(=O)O)C2)c(F)c1. The Bertz CT molecular complexity index is 598. The van der Waals surface area contributed by atoms with Crippen LogP contribution in [0.1, 0.15) is 42.6 Å². The van der Waals surface area contributed by atoms with E-state index in [1.165, 1.54) is 12.1 Å². The van der Waals surface area contributed by atoms with E-state index in [-0.39, 0.29) is 17.4 Å². The molecule has 0 aromatic heterocycles. The molecule has 22 heavy (non-hydrogen) atoms. The molecule has 0 saturated carbocycles. The smallest absolute Gasteiger partial charge is 0.309 e. The molecule has 1 aromatic carbocycles. The van der Waals surface area contributed by atoms with Crippen molar-refractivity contribution in [1.82, 2.24) is 4.90 Å². The van der Waals surface area contributed by atoms with E-state index in [1.54, 1.807) is 31.7 Å². The molecule has 1 heterocycles. The number of halogens is 1. The summed E-state index contributed by atoms with van der Waals surface area (Å²) in [5, 5.41) is 9.35. The number of carboxylic acids is 1. The minimum Gasteiger partial charge on any atom is -0.481 e. The first-order chi connectivity index (χ1) is 10.2. The molecule has 120 valence electrons. The van der Waals surface area contributed by atoms with Gasteiger partial charge in [-0.2, -0.15) is 0 Å². The number of aliphatic carboxylic acids is 1. The summed E-state index contributed by atoms with van der Waals surface area (Å²) < 4.78 is 14.0. The molecule has 2 rings (SSSR count). The number of aryl methyl sites for hydroxylation is 1. The second kappa shape index (κ2) is 6.07. The Hall–Kier alpha value is -1.91. The van der Waals surface area contributed by atoms with Crippen LogP contribution in [0.25, 0.3) is 0 Å². The lowest BCUT2D eigenvalue weighted by molar-refractivity contribution is -0.151. The predicted molar refractivity (Wildman–Crippen MR) is 81.2 cm³/mol. The van der Waals surface area contributed by atoms with Gasteiger partial charge in [0.15, 0.2) is 0 Å². The first kappa shape index (κ1) is 16.5. The Morgan fingerprint density at radius 2 is 2.05 bits per heavy atom. The van der Waals surface area contributed by atoms with Gasteiger partial charge in [-0.3, -0.25) is 9.59 Å². The summed E-state index contributed by atoms with van der Waals surface area (Å²) in [6, 6.07) is 4.55. The predicted octanol–water partition coefficient (Wildman–Crippen LogP) is 3.10. The molecule has 1 aliphatic rings. The molecule has 1 fully saturated rings. The largest absolute Gasteiger partial charge is 0.481 e. The number of benzene rings is 1. The first-order valence-corrected chi connectivity index (χ1v) is 7.52. The Balaban J connectivity index is 2.18. The summed E-state index contributed by atoms with van der Waals surface area (Å²) >= 11 is 0. The van der Waals surface area contributed by atoms with Crippen LogP contribution in [0.15, 0.2) is 18.2 Å². The molecule has 5 heteroatoms. The Kier molecular flexibility index (Phi) is 4.54. The summed E-state index contributed by atoms with van der Waals surface area (Å²) in [6.45, 7) is 6.02. The second-order valence-electron chi connectivity index (χ2n) is 6.60. The molecule has 1 aromatic rings. The molecule has 0 unspecified atom stereocenters. The number of hydrogen-bond donors (Lipinski definition) is 1. The number of carbonyl (C=O) groups is 2. The molecule has 1 atom stereocenters. The standard InChI is InChI=1S/C17H22FNO3/c1-11-6-7-13(14(18)9-11)15(20)19-8-4-5-12(10-19)17(2,3)16(21)22/h6-7,9,12H,4-5,8,10H2,1-3H3,(H,21,22)/t12-/m1/s1. The van der Waals surface area contributed by atoms with Crippen LogP contribution in [-0.2, 0) is 4.79 Å². The topological polar surface area (TPSA) is 57.6 Å². The molecule has 0 aliphatic carbocycles. The van der Waals surface area contributed by atoms with Crippen molar-refractivity contribution in [2.24, 2.45) is 11.3 Å². The fourth-order valence-corrected chi connectivity index (χ4v) is 2.89. The number of hydrogen-bond acceptors (Lipinski definition) is 2. The van der Waals surface area contributed by atoms with Crippen LogP contribution in [0.3, 0.4) is 0 Å². The second-order valence-corrected chi connectivity index (χ2v) is 6.60. The highest BCUT2D eigenvalue weighted by Crippen LogP contribution is 2.34. The summed E-state index contributed by atoms with van der Waals surface area (Å²) in [4.78, 5) is 25.5. The lowest BCUT2D eigenvalue weighted by atomic mass is 9.74. The van der Waals surface area contributed by atoms with Crippen molar-refractivity contribution in [2.75, 3.05) is 13.1 Å². The van der Waals surface area contributed by atoms with Crippen molar-refractivity contribution in [2.45, 2.75) is 33.6 Å². The summed E-state index contributed by atoms with van der Waals surface area (Å²) in [5.74, 6) is -1.88. The van der Waals surface area contributed by atoms with Gasteiger partial charge in [-0.15, -0.1) is 0 Å². The van der Waals surface area contributed by atoms with Gasteiger partial charge in [0.2, 0.25) is 0 Å². The van der Waals surface area contributed by atoms with E-state index in [4.69, 9.17) is 0 Å². The molecule has 4 nitrogen and oxygen atoms in total. The van der Waals surface area contributed by atoms with Crippen LogP contribution in [0.4, 0.5) is 4.39 Å². The molecular weight excluding hydrogens is 285 g/mol. The number of likely N-dealkylation sites (tertiary alicyclic amines) is 1. The van der Waals surface area contributed by atoms with E-state index in [2.05, 4.69) is 0 Å². The number of carbonyl (C=O) groups excluding carboxylic acids is 1. The molecule has 1 N–H and O–H groups in total. The summed E-state index contributed by atoms with van der Waals surface area (Å²) in [5.41, 5.74) is -0.0814. The molecule has 1 amide bonds. The van der Waals surface area contributed by atoms with Gasteiger partial charge in [-0.1, -0.05) is 6.07 Å². The minimum atomic E-state index is -0.898. The Morgan fingerprint density at radius 1 is 1.36 bits per heavy atom. The number of rotatable bonds is 3. The summed E-state index contributed by atoms with van der Waals surface area (Å²) in [7, 11) is 0. The maximum Gasteiger partial charge on any atom is 0.309 e. The van der Waals surface area contributed by atoms with Crippen molar-refractivity contribution in [3.05, 3.63) is 35.1 Å². The van der Waals surface area contributed by atoms with E-state index in [0.717, 1.165) is 18.4 Å². The normalized spacial score (nSPS) is 19.1. The third kappa shape index (κ3) is 3.13. The van der Waals surface area contributed by atoms with Crippen LogP contribution in [0.2, 0.25) is 0 Å².